The lowest BCUT2D eigenvalue weighted by Gasteiger charge is -2.22. The van der Waals surface area contributed by atoms with Crippen molar-refractivity contribution < 1.29 is 0 Å². The molecule has 0 aliphatic carbocycles. The fraction of sp³-hybridized carbons (Fsp3) is 0.500. The topological polar surface area (TPSA) is 24.9 Å². The van der Waals surface area contributed by atoms with E-state index in [9.17, 15) is 0 Å². The van der Waals surface area contributed by atoms with E-state index in [1.54, 1.807) is 0 Å². The van der Waals surface area contributed by atoms with E-state index in [1.165, 1.54) is 18.4 Å². The third-order valence-corrected chi connectivity index (χ3v) is 3.27. The van der Waals surface area contributed by atoms with Crippen LogP contribution in [0.1, 0.15) is 24.3 Å². The third kappa shape index (κ3) is 2.19. The van der Waals surface area contributed by atoms with Crippen molar-refractivity contribution in [3.8, 4) is 0 Å². The molecule has 1 aliphatic heterocycles. The number of nitrogens with one attached hydrogen (secondary N) is 1. The Balaban J connectivity index is 2.18. The fourth-order valence-corrected chi connectivity index (χ4v) is 2.07. The van der Waals surface area contributed by atoms with Crippen LogP contribution in [0.15, 0.2) is 12.3 Å². The van der Waals surface area contributed by atoms with Crippen LogP contribution in [-0.4, -0.2) is 18.1 Å². The Hall–Kier alpha value is -0.310. The number of piperidine rings is 1. The molecule has 0 bridgehead atoms. The molecule has 1 saturated heterocycles. The largest absolute Gasteiger partial charge is 0.316 e. The Labute approximate surface area is 93.6 Å². The van der Waals surface area contributed by atoms with Crippen molar-refractivity contribution in [3.63, 3.8) is 0 Å². The van der Waals surface area contributed by atoms with Crippen LogP contribution in [0.5, 0.6) is 0 Å². The smallest absolute Gasteiger partial charge is 0.147 e. The van der Waals surface area contributed by atoms with Gasteiger partial charge in [0.1, 0.15) is 5.15 Å². The van der Waals surface area contributed by atoms with Gasteiger partial charge < -0.3 is 5.32 Å². The van der Waals surface area contributed by atoms with Crippen molar-refractivity contribution in [1.29, 1.82) is 0 Å². The fourth-order valence-electron chi connectivity index (χ4n) is 1.80. The molecule has 0 spiro atoms. The highest BCUT2D eigenvalue weighted by molar-refractivity contribution is 6.41. The van der Waals surface area contributed by atoms with Crippen molar-refractivity contribution >= 4 is 23.2 Å². The number of aromatic nitrogens is 1. The van der Waals surface area contributed by atoms with Gasteiger partial charge in [-0.2, -0.15) is 0 Å². The number of hydrogen-bond acceptors (Lipinski definition) is 2. The lowest BCUT2D eigenvalue weighted by atomic mass is 9.93. The molecule has 1 fully saturated rings. The summed E-state index contributed by atoms with van der Waals surface area (Å²) in [5.41, 5.74) is 1.19. The number of pyridine rings is 1. The van der Waals surface area contributed by atoms with Gasteiger partial charge in [-0.1, -0.05) is 23.2 Å². The quantitative estimate of drug-likeness (QED) is 0.751. The van der Waals surface area contributed by atoms with Gasteiger partial charge in [-0.25, -0.2) is 4.98 Å². The SMILES string of the molecule is Clc1cc(C2CCCNC2)cnc1Cl. The summed E-state index contributed by atoms with van der Waals surface area (Å²) >= 11 is 11.7. The molecule has 1 aromatic rings. The first-order valence-corrected chi connectivity index (χ1v) is 5.54. The average molecular weight is 231 g/mol. The van der Waals surface area contributed by atoms with E-state index in [0.29, 0.717) is 16.1 Å². The van der Waals surface area contributed by atoms with Gasteiger partial charge in [0.25, 0.3) is 0 Å². The molecule has 0 aromatic carbocycles. The summed E-state index contributed by atoms with van der Waals surface area (Å²) in [7, 11) is 0. The minimum absolute atomic E-state index is 0.388. The van der Waals surface area contributed by atoms with Gasteiger partial charge in [0, 0.05) is 12.7 Å². The standard InChI is InChI=1S/C10H12Cl2N2/c11-9-4-8(6-14-10(9)12)7-2-1-3-13-5-7/h4,6-7,13H,1-3,5H2. The second-order valence-corrected chi connectivity index (χ2v) is 4.35. The molecule has 1 aromatic heterocycles. The molecule has 0 radical (unpaired) electrons. The highest BCUT2D eigenvalue weighted by Crippen LogP contribution is 2.27. The van der Waals surface area contributed by atoms with Gasteiger partial charge in [-0.05, 0) is 36.9 Å². The number of halogens is 2. The van der Waals surface area contributed by atoms with Crippen molar-refractivity contribution in [2.24, 2.45) is 0 Å². The van der Waals surface area contributed by atoms with E-state index in [0.717, 1.165) is 13.1 Å². The molecular formula is C10H12Cl2N2. The summed E-state index contributed by atoms with van der Waals surface area (Å²) in [5, 5.41) is 4.30. The van der Waals surface area contributed by atoms with Crippen LogP contribution in [-0.2, 0) is 0 Å². The van der Waals surface area contributed by atoms with Crippen LogP contribution in [0.25, 0.3) is 0 Å². The van der Waals surface area contributed by atoms with Gasteiger partial charge in [0.05, 0.1) is 5.02 Å². The van der Waals surface area contributed by atoms with Crippen LogP contribution >= 0.6 is 23.2 Å². The van der Waals surface area contributed by atoms with Crippen LogP contribution in [0, 0.1) is 0 Å². The van der Waals surface area contributed by atoms with Crippen LogP contribution in [0.3, 0.4) is 0 Å². The summed E-state index contributed by atoms with van der Waals surface area (Å²) in [6, 6.07) is 1.93. The zero-order chi connectivity index (χ0) is 9.97. The molecule has 1 aliphatic rings. The van der Waals surface area contributed by atoms with Crippen molar-refractivity contribution in [1.82, 2.24) is 10.3 Å². The monoisotopic (exact) mass is 230 g/mol. The Morgan fingerprint density at radius 1 is 1.43 bits per heavy atom. The van der Waals surface area contributed by atoms with Crippen molar-refractivity contribution in [2.75, 3.05) is 13.1 Å². The normalized spacial score (nSPS) is 22.3. The third-order valence-electron chi connectivity index (χ3n) is 2.59. The molecule has 2 rings (SSSR count). The summed E-state index contributed by atoms with van der Waals surface area (Å²) in [4.78, 5) is 4.06. The molecule has 4 heteroatoms. The van der Waals surface area contributed by atoms with Crippen LogP contribution < -0.4 is 5.32 Å². The minimum atomic E-state index is 0.388. The van der Waals surface area contributed by atoms with Gasteiger partial charge in [0.15, 0.2) is 0 Å². The zero-order valence-corrected chi connectivity index (χ0v) is 9.28. The maximum Gasteiger partial charge on any atom is 0.147 e. The molecule has 0 amide bonds. The van der Waals surface area contributed by atoms with E-state index in [4.69, 9.17) is 23.2 Å². The predicted molar refractivity (Wildman–Crippen MR) is 59.1 cm³/mol. The highest BCUT2D eigenvalue weighted by Gasteiger charge is 2.16. The van der Waals surface area contributed by atoms with E-state index in [1.807, 2.05) is 12.3 Å². The second kappa shape index (κ2) is 4.47. The molecule has 14 heavy (non-hydrogen) atoms. The van der Waals surface area contributed by atoms with E-state index >= 15 is 0 Å². The summed E-state index contributed by atoms with van der Waals surface area (Å²) in [5.74, 6) is 0.533. The number of rotatable bonds is 1. The van der Waals surface area contributed by atoms with Gasteiger partial charge in [-0.3, -0.25) is 0 Å². The molecule has 1 atom stereocenters. The lowest BCUT2D eigenvalue weighted by molar-refractivity contribution is 0.461. The highest BCUT2D eigenvalue weighted by atomic mass is 35.5. The van der Waals surface area contributed by atoms with Crippen LogP contribution in [0.2, 0.25) is 10.2 Å². The Morgan fingerprint density at radius 2 is 2.29 bits per heavy atom. The van der Waals surface area contributed by atoms with E-state index in [-0.39, 0.29) is 0 Å². The predicted octanol–water partition coefficient (Wildman–Crippen LogP) is 2.86. The average Bonchev–Trinajstić information content (AvgIpc) is 2.23. The van der Waals surface area contributed by atoms with Gasteiger partial charge in [0.2, 0.25) is 0 Å². The molecule has 1 unspecified atom stereocenters. The molecular weight excluding hydrogens is 219 g/mol. The first kappa shape index (κ1) is 10.2. The molecule has 76 valence electrons. The van der Waals surface area contributed by atoms with E-state index in [2.05, 4.69) is 10.3 Å². The van der Waals surface area contributed by atoms with Crippen LogP contribution in [0.4, 0.5) is 0 Å². The first-order valence-electron chi connectivity index (χ1n) is 4.79. The zero-order valence-electron chi connectivity index (χ0n) is 7.76. The molecule has 2 heterocycles. The molecule has 2 nitrogen and oxygen atoms in total. The Kier molecular flexibility index (Phi) is 3.26. The summed E-state index contributed by atoms with van der Waals surface area (Å²) in [6.07, 6.45) is 4.24. The Bertz CT molecular complexity index is 322. The summed E-state index contributed by atoms with van der Waals surface area (Å²) < 4.78 is 0. The van der Waals surface area contributed by atoms with Crippen molar-refractivity contribution in [2.45, 2.75) is 18.8 Å². The van der Waals surface area contributed by atoms with Gasteiger partial charge in [-0.15, -0.1) is 0 Å². The lowest BCUT2D eigenvalue weighted by Crippen LogP contribution is -2.28. The second-order valence-electron chi connectivity index (χ2n) is 3.58. The number of hydrogen-bond donors (Lipinski definition) is 1. The molecule has 0 saturated carbocycles. The first-order chi connectivity index (χ1) is 6.77. The van der Waals surface area contributed by atoms with Crippen molar-refractivity contribution in [3.05, 3.63) is 28.0 Å². The minimum Gasteiger partial charge on any atom is -0.316 e. The maximum absolute atomic E-state index is 5.92. The Morgan fingerprint density at radius 3 is 2.93 bits per heavy atom. The maximum atomic E-state index is 5.92. The van der Waals surface area contributed by atoms with Gasteiger partial charge >= 0.3 is 0 Å². The molecule has 1 N–H and O–H groups in total. The summed E-state index contributed by atoms with van der Waals surface area (Å²) in [6.45, 7) is 2.13. The van der Waals surface area contributed by atoms with E-state index < -0.39 is 0 Å². The number of nitrogens with zero attached hydrogens (tertiary/aromatic N) is 1.